The van der Waals surface area contributed by atoms with Crippen LogP contribution in [-0.2, 0) is 11.0 Å². The second-order valence-electron chi connectivity index (χ2n) is 12.1. The molecule has 3 aromatic carbocycles. The number of fused-ring (bicyclic) bond motifs is 6. The van der Waals surface area contributed by atoms with Gasteiger partial charge in [0.1, 0.15) is 0 Å². The van der Waals surface area contributed by atoms with Crippen LogP contribution in [0.5, 0.6) is 0 Å². The Bertz CT molecular complexity index is 2210. The average Bonchev–Trinajstić information content (AvgIpc) is 3.85. The molecule has 0 amide bonds. The molecule has 214 valence electrons. The van der Waals surface area contributed by atoms with Crippen LogP contribution in [0.4, 0.5) is 0 Å². The van der Waals surface area contributed by atoms with E-state index in [-0.39, 0.29) is 0 Å². The minimum absolute atomic E-state index is 0.639. The number of aromatic amines is 1. The van der Waals surface area contributed by atoms with Crippen molar-refractivity contribution < 1.29 is 9.15 Å². The molecule has 0 bridgehead atoms. The number of aromatic nitrogens is 4. The van der Waals surface area contributed by atoms with Crippen LogP contribution >= 0.6 is 0 Å². The monoisotopic (exact) mass is 582 g/mol. The fourth-order valence-electron chi connectivity index (χ4n) is 8.13. The van der Waals surface area contributed by atoms with E-state index in [1.807, 2.05) is 31.0 Å². The van der Waals surface area contributed by atoms with Gasteiger partial charge in [0.05, 0.1) is 16.7 Å². The predicted molar refractivity (Wildman–Crippen MR) is 173 cm³/mol. The van der Waals surface area contributed by atoms with Gasteiger partial charge in [0.25, 0.3) is 16.9 Å². The Morgan fingerprint density at radius 3 is 1.98 bits per heavy atom. The minimum Gasteiger partial charge on any atom is -0.281 e. The molecule has 3 aliphatic rings. The Hall–Kier alpha value is -5.71. The van der Waals surface area contributed by atoms with E-state index in [0.717, 1.165) is 33.6 Å². The molecule has 2 atom stereocenters. The van der Waals surface area contributed by atoms with Crippen molar-refractivity contribution in [2.75, 3.05) is 7.05 Å². The normalized spacial score (nSPS) is 20.8. The van der Waals surface area contributed by atoms with E-state index in [1.165, 1.54) is 39.1 Å². The van der Waals surface area contributed by atoms with E-state index < -0.39 is 11.0 Å². The summed E-state index contributed by atoms with van der Waals surface area (Å²) in [5.74, 6) is 0. The van der Waals surface area contributed by atoms with E-state index in [2.05, 4.69) is 142 Å². The van der Waals surface area contributed by atoms with Gasteiger partial charge in [-0.25, -0.2) is 0 Å². The highest BCUT2D eigenvalue weighted by Gasteiger charge is 2.59. The van der Waals surface area contributed by atoms with Gasteiger partial charge in [-0.05, 0) is 63.2 Å². The zero-order valence-corrected chi connectivity index (χ0v) is 25.3. The van der Waals surface area contributed by atoms with Crippen molar-refractivity contribution >= 4 is 6.01 Å². The van der Waals surface area contributed by atoms with Crippen molar-refractivity contribution in [3.05, 3.63) is 172 Å². The van der Waals surface area contributed by atoms with Crippen molar-refractivity contribution in [2.24, 2.45) is 0 Å². The number of nitrogens with one attached hydrogen (secondary N) is 1. The predicted octanol–water partition coefficient (Wildman–Crippen LogP) is 6.93. The fourth-order valence-corrected chi connectivity index (χ4v) is 8.13. The van der Waals surface area contributed by atoms with E-state index >= 15 is 0 Å². The van der Waals surface area contributed by atoms with Crippen LogP contribution in [0.2, 0.25) is 0 Å². The lowest BCUT2D eigenvalue weighted by molar-refractivity contribution is -0.548. The van der Waals surface area contributed by atoms with E-state index in [4.69, 9.17) is 4.98 Å². The summed E-state index contributed by atoms with van der Waals surface area (Å²) in [6.07, 6.45) is 9.69. The van der Waals surface area contributed by atoms with Crippen molar-refractivity contribution in [1.29, 1.82) is 0 Å². The number of pyridine rings is 2. The standard InChI is InChI=1S/C39H30N6/c1-25-26(2)45(24-44(25)3)39(34-14-7-5-12-30(34)32-16-19-41-23-36(32)39)28-10-8-9-27(21-28)38(37-17-20-42-43-37)33-13-6-4-11-29(33)31-15-18-40-22-35(31)38/h4-23H,1-3H3,(H,42,43)/q+2. The Morgan fingerprint density at radius 2 is 1.27 bits per heavy atom. The molecule has 0 radical (unpaired) electrons. The van der Waals surface area contributed by atoms with Crippen molar-refractivity contribution in [1.82, 2.24) is 20.2 Å². The van der Waals surface area contributed by atoms with Crippen LogP contribution in [0, 0.1) is 0 Å². The molecule has 0 saturated carbocycles. The zero-order valence-electron chi connectivity index (χ0n) is 25.3. The maximum absolute atomic E-state index is 4.70. The van der Waals surface area contributed by atoms with Gasteiger partial charge in [0.2, 0.25) is 0 Å². The molecule has 9 rings (SSSR count). The maximum atomic E-state index is 4.70. The summed E-state index contributed by atoms with van der Waals surface area (Å²) in [5, 5.41) is 7.84. The summed E-state index contributed by atoms with van der Waals surface area (Å²) < 4.78 is 4.42. The van der Waals surface area contributed by atoms with Crippen LogP contribution < -0.4 is 0 Å². The van der Waals surface area contributed by atoms with Gasteiger partial charge in [-0.2, -0.15) is 5.10 Å². The highest BCUT2D eigenvalue weighted by atomic mass is 15.2. The minimum atomic E-state index is -0.697. The molecule has 0 fully saturated rings. The number of H-pyrrole nitrogens is 1. The lowest BCUT2D eigenvalue weighted by Crippen LogP contribution is -2.39. The van der Waals surface area contributed by atoms with Crippen LogP contribution in [-0.4, -0.2) is 42.4 Å². The summed E-state index contributed by atoms with van der Waals surface area (Å²) in [6, 6.07) is 36.7. The van der Waals surface area contributed by atoms with Crippen molar-refractivity contribution in [2.45, 2.75) is 24.8 Å². The molecule has 4 heterocycles. The first-order valence-corrected chi connectivity index (χ1v) is 15.2. The molecule has 1 aliphatic heterocycles. The van der Waals surface area contributed by atoms with E-state index in [0.29, 0.717) is 0 Å². The van der Waals surface area contributed by atoms with Gasteiger partial charge in [-0.15, -0.1) is 0 Å². The molecule has 6 nitrogen and oxygen atoms in total. The topological polar surface area (TPSA) is 60.5 Å². The average molecular weight is 583 g/mol. The zero-order chi connectivity index (χ0) is 30.3. The number of nitrogens with zero attached hydrogens (tertiary/aromatic N) is 5. The SMILES string of the molecule is CC1=C(C)[N+](C2(c3cccc(C4(c5ccn[nH]5)c5ccccc5-c5ccncc54)c3)c3ccccc3-c3ccncc32)=C=[N+]1C. The van der Waals surface area contributed by atoms with Gasteiger partial charge in [0, 0.05) is 56.0 Å². The summed E-state index contributed by atoms with van der Waals surface area (Å²) >= 11 is 0. The Morgan fingerprint density at radius 1 is 0.622 bits per heavy atom. The van der Waals surface area contributed by atoms with Crippen LogP contribution in [0.3, 0.4) is 0 Å². The Balaban J connectivity index is 1.42. The summed E-state index contributed by atoms with van der Waals surface area (Å²) in [7, 11) is 2.07. The second kappa shape index (κ2) is 9.15. The first-order valence-electron chi connectivity index (χ1n) is 15.2. The van der Waals surface area contributed by atoms with Crippen LogP contribution in [0.15, 0.2) is 133 Å². The molecule has 2 unspecified atom stereocenters. The first kappa shape index (κ1) is 25.8. The fraction of sp³-hybridized carbons (Fsp3) is 0.128. The number of hydrogen-bond acceptors (Lipinski definition) is 3. The lowest BCUT2D eigenvalue weighted by Gasteiger charge is -2.33. The smallest absolute Gasteiger partial charge is 0.281 e. The third-order valence-corrected chi connectivity index (χ3v) is 10.2. The molecule has 45 heavy (non-hydrogen) atoms. The molecule has 2 aliphatic carbocycles. The Kier molecular flexibility index (Phi) is 5.24. The lowest BCUT2D eigenvalue weighted by atomic mass is 9.69. The third kappa shape index (κ3) is 3.11. The molecular weight excluding hydrogens is 552 g/mol. The van der Waals surface area contributed by atoms with Crippen molar-refractivity contribution in [3.63, 3.8) is 0 Å². The molecular formula is C39H30N6+2. The maximum Gasteiger partial charge on any atom is 0.490 e. The molecule has 0 saturated heterocycles. The largest absolute Gasteiger partial charge is 0.490 e. The van der Waals surface area contributed by atoms with Crippen LogP contribution in [0.25, 0.3) is 22.3 Å². The van der Waals surface area contributed by atoms with Crippen molar-refractivity contribution in [3.8, 4) is 22.3 Å². The number of benzene rings is 3. The van der Waals surface area contributed by atoms with E-state index in [1.54, 1.807) is 0 Å². The van der Waals surface area contributed by atoms with Gasteiger partial charge < -0.3 is 0 Å². The number of hydrogen-bond donors (Lipinski definition) is 1. The molecule has 6 aromatic rings. The van der Waals surface area contributed by atoms with Crippen LogP contribution in [0.1, 0.15) is 52.9 Å². The highest BCUT2D eigenvalue weighted by molar-refractivity contribution is 5.86. The van der Waals surface area contributed by atoms with Gasteiger partial charge >= 0.3 is 6.01 Å². The third-order valence-electron chi connectivity index (χ3n) is 10.2. The highest BCUT2D eigenvalue weighted by Crippen LogP contribution is 2.58. The quantitative estimate of drug-likeness (QED) is 0.229. The van der Waals surface area contributed by atoms with Gasteiger partial charge in [-0.1, -0.05) is 75.9 Å². The molecule has 0 spiro atoms. The van der Waals surface area contributed by atoms with E-state index in [9.17, 15) is 0 Å². The summed E-state index contributed by atoms with van der Waals surface area (Å²) in [5.41, 5.74) is 13.8. The first-order chi connectivity index (χ1) is 22.1. The van der Waals surface area contributed by atoms with Gasteiger partial charge in [-0.3, -0.25) is 15.1 Å². The second-order valence-corrected chi connectivity index (χ2v) is 12.1. The Labute approximate surface area is 261 Å². The number of allylic oxidation sites excluding steroid dienone is 2. The molecule has 6 heteroatoms. The van der Waals surface area contributed by atoms with Gasteiger partial charge in [0.15, 0.2) is 7.05 Å². The summed E-state index contributed by atoms with van der Waals surface area (Å²) in [6.45, 7) is 4.35. The molecule has 3 aromatic heterocycles. The molecule has 1 N–H and O–H groups in total. The number of rotatable bonds is 4. The summed E-state index contributed by atoms with van der Waals surface area (Å²) in [4.78, 5) is 9.36.